The van der Waals surface area contributed by atoms with Crippen molar-refractivity contribution in [3.05, 3.63) is 41.5 Å². The van der Waals surface area contributed by atoms with Crippen molar-refractivity contribution in [1.82, 2.24) is 4.90 Å². The topological polar surface area (TPSA) is 46.6 Å². The van der Waals surface area contributed by atoms with Crippen molar-refractivity contribution in [2.75, 3.05) is 0 Å². The Morgan fingerprint density at radius 2 is 1.81 bits per heavy atom. The van der Waals surface area contributed by atoms with E-state index in [1.807, 2.05) is 39.0 Å². The molecule has 21 heavy (non-hydrogen) atoms. The molecule has 2 amide bonds. The Bertz CT molecular complexity index is 622. The molecule has 3 rings (SSSR count). The minimum atomic E-state index is -0.320. The van der Waals surface area contributed by atoms with Crippen LogP contribution in [0, 0.1) is 0 Å². The van der Waals surface area contributed by atoms with E-state index in [-0.39, 0.29) is 23.5 Å². The summed E-state index contributed by atoms with van der Waals surface area (Å²) in [5, 5.41) is 0. The fourth-order valence-corrected chi connectivity index (χ4v) is 3.02. The Morgan fingerprint density at radius 1 is 1.14 bits per heavy atom. The van der Waals surface area contributed by atoms with Crippen LogP contribution in [0.3, 0.4) is 0 Å². The van der Waals surface area contributed by atoms with E-state index in [2.05, 4.69) is 0 Å². The van der Waals surface area contributed by atoms with Crippen LogP contribution in [0.1, 0.15) is 44.4 Å². The van der Waals surface area contributed by atoms with Crippen molar-refractivity contribution >= 4 is 11.8 Å². The van der Waals surface area contributed by atoms with Crippen LogP contribution in [0.15, 0.2) is 30.4 Å². The number of benzene rings is 1. The molecule has 1 aromatic rings. The van der Waals surface area contributed by atoms with Gasteiger partial charge in [0.25, 0.3) is 11.8 Å². The fourth-order valence-electron chi connectivity index (χ4n) is 3.02. The van der Waals surface area contributed by atoms with Crippen LogP contribution >= 0.6 is 0 Å². The first-order chi connectivity index (χ1) is 9.87. The van der Waals surface area contributed by atoms with Gasteiger partial charge in [-0.2, -0.15) is 0 Å². The van der Waals surface area contributed by atoms with E-state index in [4.69, 9.17) is 4.74 Å². The maximum absolute atomic E-state index is 12.0. The van der Waals surface area contributed by atoms with Gasteiger partial charge in [-0.3, -0.25) is 14.5 Å². The number of hydrogen-bond acceptors (Lipinski definition) is 3. The molecule has 4 heteroatoms. The van der Waals surface area contributed by atoms with Crippen molar-refractivity contribution < 1.29 is 14.3 Å². The Balaban J connectivity index is 2.01. The molecule has 1 heterocycles. The summed E-state index contributed by atoms with van der Waals surface area (Å²) in [5.74, 6) is 0.307. The zero-order valence-corrected chi connectivity index (χ0v) is 12.6. The second-order valence-corrected chi connectivity index (χ2v) is 6.48. The molecule has 1 aromatic carbocycles. The Hall–Kier alpha value is -2.10. The monoisotopic (exact) mass is 285 g/mol. The number of hydrogen-bond donors (Lipinski definition) is 0. The van der Waals surface area contributed by atoms with Gasteiger partial charge in [0.2, 0.25) is 0 Å². The molecule has 1 aliphatic heterocycles. The number of carbonyl (C=O) groups excluding carboxylic acids is 2. The molecule has 0 unspecified atom stereocenters. The van der Waals surface area contributed by atoms with E-state index in [9.17, 15) is 9.59 Å². The third-order valence-corrected chi connectivity index (χ3v) is 3.75. The normalized spacial score (nSPS) is 21.1. The molecular weight excluding hydrogens is 266 g/mol. The van der Waals surface area contributed by atoms with Crippen molar-refractivity contribution in [2.45, 2.75) is 45.3 Å². The molecule has 4 nitrogen and oxygen atoms in total. The maximum Gasteiger partial charge on any atom is 0.254 e. The highest BCUT2D eigenvalue weighted by atomic mass is 16.5. The van der Waals surface area contributed by atoms with Crippen molar-refractivity contribution in [3.8, 4) is 5.75 Å². The third kappa shape index (κ3) is 2.46. The molecule has 0 radical (unpaired) electrons. The second-order valence-electron chi connectivity index (χ2n) is 6.48. The van der Waals surface area contributed by atoms with Crippen molar-refractivity contribution in [3.63, 3.8) is 0 Å². The lowest BCUT2D eigenvalue weighted by Crippen LogP contribution is -2.34. The first-order valence-corrected chi connectivity index (χ1v) is 7.23. The maximum atomic E-state index is 12.0. The number of ether oxygens (including phenoxy) is 1. The van der Waals surface area contributed by atoms with E-state index in [0.29, 0.717) is 0 Å². The number of aryl methyl sites for hydroxylation is 1. The number of rotatable bonds is 2. The molecule has 1 aliphatic carbocycles. The number of imide groups is 1. The average molecular weight is 285 g/mol. The molecule has 110 valence electrons. The average Bonchev–Trinajstić information content (AvgIpc) is 2.92. The lowest BCUT2D eigenvalue weighted by molar-refractivity contribution is -0.139. The summed E-state index contributed by atoms with van der Waals surface area (Å²) >= 11 is 0. The van der Waals surface area contributed by atoms with E-state index in [1.54, 1.807) is 0 Å². The van der Waals surface area contributed by atoms with E-state index < -0.39 is 0 Å². The van der Waals surface area contributed by atoms with Gasteiger partial charge < -0.3 is 4.74 Å². The number of carbonyl (C=O) groups is 2. The molecule has 1 atom stereocenters. The van der Waals surface area contributed by atoms with Gasteiger partial charge in [0.05, 0.1) is 6.04 Å². The Labute approximate surface area is 124 Å². The first-order valence-electron chi connectivity index (χ1n) is 7.23. The van der Waals surface area contributed by atoms with Crippen LogP contribution in [-0.4, -0.2) is 22.3 Å². The first kappa shape index (κ1) is 13.9. The van der Waals surface area contributed by atoms with Crippen molar-refractivity contribution in [1.29, 1.82) is 0 Å². The van der Waals surface area contributed by atoms with E-state index >= 15 is 0 Å². The van der Waals surface area contributed by atoms with Gasteiger partial charge in [0.1, 0.15) is 11.4 Å². The minimum absolute atomic E-state index is 0.214. The molecule has 0 aromatic heterocycles. The zero-order valence-electron chi connectivity index (χ0n) is 12.6. The van der Waals surface area contributed by atoms with Gasteiger partial charge in [-0.1, -0.05) is 12.1 Å². The molecular formula is C17H19NO3. The van der Waals surface area contributed by atoms with E-state index in [0.717, 1.165) is 29.7 Å². The van der Waals surface area contributed by atoms with Gasteiger partial charge in [0, 0.05) is 17.7 Å². The van der Waals surface area contributed by atoms with Gasteiger partial charge >= 0.3 is 0 Å². The predicted octanol–water partition coefficient (Wildman–Crippen LogP) is 2.78. The molecule has 0 saturated carbocycles. The van der Waals surface area contributed by atoms with Crippen molar-refractivity contribution in [2.24, 2.45) is 0 Å². The van der Waals surface area contributed by atoms with Crippen LogP contribution in [0.5, 0.6) is 5.75 Å². The molecule has 0 fully saturated rings. The van der Waals surface area contributed by atoms with Gasteiger partial charge in [-0.25, -0.2) is 0 Å². The lowest BCUT2D eigenvalue weighted by Gasteiger charge is -2.28. The second kappa shape index (κ2) is 4.72. The van der Waals surface area contributed by atoms with Crippen LogP contribution in [-0.2, 0) is 16.0 Å². The quantitative estimate of drug-likeness (QED) is 0.785. The minimum Gasteiger partial charge on any atom is -0.488 e. The number of nitrogens with zero attached hydrogens (tertiary/aromatic N) is 1. The van der Waals surface area contributed by atoms with E-state index in [1.165, 1.54) is 17.1 Å². The van der Waals surface area contributed by atoms with Gasteiger partial charge in [0.15, 0.2) is 0 Å². The molecule has 0 bridgehead atoms. The van der Waals surface area contributed by atoms with Crippen LogP contribution in [0.2, 0.25) is 0 Å². The third-order valence-electron chi connectivity index (χ3n) is 3.75. The van der Waals surface area contributed by atoms with Crippen LogP contribution in [0.4, 0.5) is 0 Å². The number of amides is 2. The smallest absolute Gasteiger partial charge is 0.254 e. The summed E-state index contributed by atoms with van der Waals surface area (Å²) in [4.78, 5) is 25.3. The molecule has 2 aliphatic rings. The lowest BCUT2D eigenvalue weighted by atomic mass is 10.0. The molecule has 0 N–H and O–H groups in total. The van der Waals surface area contributed by atoms with Gasteiger partial charge in [-0.15, -0.1) is 0 Å². The molecule has 0 spiro atoms. The standard InChI is InChI=1S/C17H19NO3/c1-17(2,3)21-13-6-4-5-11-7-8-12(16(11)13)18-14(19)9-10-15(18)20/h4-6,9-10,12H,7-8H2,1-3H3/t12-/m0/s1. The Morgan fingerprint density at radius 3 is 2.43 bits per heavy atom. The van der Waals surface area contributed by atoms with Gasteiger partial charge in [-0.05, 0) is 45.2 Å². The largest absolute Gasteiger partial charge is 0.488 e. The molecule has 0 saturated heterocycles. The summed E-state index contributed by atoms with van der Waals surface area (Å²) in [6.07, 6.45) is 4.30. The summed E-state index contributed by atoms with van der Waals surface area (Å²) in [6.45, 7) is 5.97. The number of fused-ring (bicyclic) bond motifs is 1. The fraction of sp³-hybridized carbons (Fsp3) is 0.412. The highest BCUT2D eigenvalue weighted by Gasteiger charge is 2.38. The summed E-state index contributed by atoms with van der Waals surface area (Å²) in [7, 11) is 0. The van der Waals surface area contributed by atoms with Crippen LogP contribution in [0.25, 0.3) is 0 Å². The highest BCUT2D eigenvalue weighted by molar-refractivity contribution is 6.13. The summed E-state index contributed by atoms with van der Waals surface area (Å²) in [6, 6.07) is 5.71. The highest BCUT2D eigenvalue weighted by Crippen LogP contribution is 2.43. The summed E-state index contributed by atoms with van der Waals surface area (Å²) < 4.78 is 6.04. The zero-order chi connectivity index (χ0) is 15.2. The van der Waals surface area contributed by atoms with Crippen LogP contribution < -0.4 is 4.74 Å². The Kier molecular flexibility index (Phi) is 3.12. The summed E-state index contributed by atoms with van der Waals surface area (Å²) in [5.41, 5.74) is 1.83. The SMILES string of the molecule is CC(C)(C)Oc1cccc2c1[C@@H](N1C(=O)C=CC1=O)CC2. The predicted molar refractivity (Wildman–Crippen MR) is 78.9 cm³/mol.